The van der Waals surface area contributed by atoms with Crippen molar-refractivity contribution in [1.29, 1.82) is 0 Å². The summed E-state index contributed by atoms with van der Waals surface area (Å²) in [6.07, 6.45) is 10.7. The molecule has 6 rings (SSSR count). The summed E-state index contributed by atoms with van der Waals surface area (Å²) in [5.74, 6) is 0.641. The topological polar surface area (TPSA) is 46.5 Å². The molecule has 208 valence electrons. The van der Waals surface area contributed by atoms with Gasteiger partial charge >= 0.3 is 0 Å². The van der Waals surface area contributed by atoms with Crippen molar-refractivity contribution in [3.63, 3.8) is 0 Å². The first-order valence-corrected chi connectivity index (χ1v) is 14.9. The normalized spacial score (nSPS) is 39.3. The molecule has 7 unspecified atom stereocenters. The summed E-state index contributed by atoms with van der Waals surface area (Å²) in [6, 6.07) is 16.9. The number of hydrogen-bond acceptors (Lipinski definition) is 3. The second kappa shape index (κ2) is 9.66. The summed E-state index contributed by atoms with van der Waals surface area (Å²) in [5, 5.41) is 11.4. The van der Waals surface area contributed by atoms with Gasteiger partial charge < -0.3 is 9.84 Å². The third kappa shape index (κ3) is 4.34. The van der Waals surface area contributed by atoms with Crippen LogP contribution in [0, 0.1) is 39.8 Å². The van der Waals surface area contributed by atoms with Crippen molar-refractivity contribution in [2.75, 3.05) is 0 Å². The smallest absolute Gasteiger partial charge is 0.169 e. The van der Waals surface area contributed by atoms with Gasteiger partial charge in [0.05, 0.1) is 6.61 Å². The lowest BCUT2D eigenvalue weighted by molar-refractivity contribution is -0.231. The van der Waals surface area contributed by atoms with Crippen molar-refractivity contribution in [2.24, 2.45) is 34.0 Å². The van der Waals surface area contributed by atoms with Crippen LogP contribution < -0.4 is 0 Å². The third-order valence-electron chi connectivity index (χ3n) is 11.9. The number of hydrogen-bond donors (Lipinski definition) is 1. The number of ketones is 1. The number of allylic oxidation sites excluding steroid dienone is 1. The van der Waals surface area contributed by atoms with Gasteiger partial charge in [-0.15, -0.1) is 0 Å². The number of rotatable bonds is 6. The second-order valence-corrected chi connectivity index (χ2v) is 13.6. The molecule has 2 aromatic carbocycles. The summed E-state index contributed by atoms with van der Waals surface area (Å²) in [5.41, 5.74) is 3.30. The lowest BCUT2D eigenvalue weighted by atomic mass is 9.44. The summed E-state index contributed by atoms with van der Waals surface area (Å²) in [6.45, 7) is 6.99. The van der Waals surface area contributed by atoms with Gasteiger partial charge in [-0.1, -0.05) is 68.0 Å². The highest BCUT2D eigenvalue weighted by Crippen LogP contribution is 2.70. The second-order valence-electron chi connectivity index (χ2n) is 13.6. The Morgan fingerprint density at radius 3 is 2.38 bits per heavy atom. The van der Waals surface area contributed by atoms with Crippen LogP contribution in [0.25, 0.3) is 0 Å². The molecule has 2 aromatic rings. The molecule has 0 aromatic heterocycles. The molecule has 4 aliphatic carbocycles. The Hall–Kier alpha value is -2.30. The highest BCUT2D eigenvalue weighted by atomic mass is 19.1. The van der Waals surface area contributed by atoms with Gasteiger partial charge in [0.2, 0.25) is 0 Å². The molecule has 4 heteroatoms. The molecule has 3 nitrogen and oxygen atoms in total. The van der Waals surface area contributed by atoms with Gasteiger partial charge in [-0.05, 0) is 104 Å². The van der Waals surface area contributed by atoms with E-state index in [4.69, 9.17) is 4.74 Å². The monoisotopic (exact) mass is 530 g/mol. The standard InChI is InChI=1S/C35H43FO3/c1-24(37)34(21-25-7-5-4-6-8-25)18-16-31-29-14-11-27-22-35(38,39-23-26-9-12-28(36)13-10-26)20-19-32(27,2)30(29)15-17-33(31,34)3/h4-13,29-31,38H,14-23H2,1-3H3. The minimum atomic E-state index is -1.18. The molecule has 7 atom stereocenters. The molecule has 0 bridgehead atoms. The van der Waals surface area contributed by atoms with Gasteiger partial charge in [-0.25, -0.2) is 4.39 Å². The predicted octanol–water partition coefficient (Wildman–Crippen LogP) is 7.81. The molecule has 39 heavy (non-hydrogen) atoms. The molecule has 0 radical (unpaired) electrons. The van der Waals surface area contributed by atoms with Crippen LogP contribution in [0.5, 0.6) is 0 Å². The Morgan fingerprint density at radius 2 is 1.67 bits per heavy atom. The zero-order chi connectivity index (χ0) is 27.5. The van der Waals surface area contributed by atoms with E-state index >= 15 is 0 Å². The fourth-order valence-corrected chi connectivity index (χ4v) is 9.61. The van der Waals surface area contributed by atoms with E-state index in [1.54, 1.807) is 12.1 Å². The van der Waals surface area contributed by atoms with Crippen LogP contribution in [0.4, 0.5) is 4.39 Å². The first-order valence-electron chi connectivity index (χ1n) is 14.9. The fraction of sp³-hybridized carbons (Fsp3) is 0.571. The molecule has 0 aliphatic heterocycles. The largest absolute Gasteiger partial charge is 0.365 e. The number of ether oxygens (including phenoxy) is 1. The Balaban J connectivity index is 1.22. The van der Waals surface area contributed by atoms with E-state index in [9.17, 15) is 14.3 Å². The summed E-state index contributed by atoms with van der Waals surface area (Å²) < 4.78 is 19.4. The van der Waals surface area contributed by atoms with E-state index in [0.717, 1.165) is 50.5 Å². The lowest BCUT2D eigenvalue weighted by Crippen LogP contribution is -2.55. The van der Waals surface area contributed by atoms with Gasteiger partial charge in [0.25, 0.3) is 0 Å². The van der Waals surface area contributed by atoms with E-state index < -0.39 is 5.79 Å². The molecule has 1 N–H and O–H groups in total. The number of carbonyl (C=O) groups is 1. The molecule has 0 spiro atoms. The molecule has 3 saturated carbocycles. The van der Waals surface area contributed by atoms with Gasteiger partial charge in [0.1, 0.15) is 11.6 Å². The van der Waals surface area contributed by atoms with Crippen LogP contribution >= 0.6 is 0 Å². The van der Waals surface area contributed by atoms with E-state index in [0.29, 0.717) is 36.4 Å². The lowest BCUT2D eigenvalue weighted by Gasteiger charge is -2.60. The first kappa shape index (κ1) is 26.9. The van der Waals surface area contributed by atoms with E-state index in [-0.39, 0.29) is 28.7 Å². The van der Waals surface area contributed by atoms with E-state index in [1.807, 2.05) is 6.92 Å². The van der Waals surface area contributed by atoms with Crippen LogP contribution in [0.1, 0.15) is 83.3 Å². The van der Waals surface area contributed by atoms with Crippen LogP contribution in [0.15, 0.2) is 66.2 Å². The van der Waals surface area contributed by atoms with Crippen molar-refractivity contribution in [3.05, 3.63) is 83.2 Å². The summed E-state index contributed by atoms with van der Waals surface area (Å²) in [7, 11) is 0. The quantitative estimate of drug-likeness (QED) is 0.306. The van der Waals surface area contributed by atoms with Gasteiger partial charge in [0.15, 0.2) is 5.79 Å². The zero-order valence-electron chi connectivity index (χ0n) is 23.7. The average molecular weight is 531 g/mol. The van der Waals surface area contributed by atoms with E-state index in [1.165, 1.54) is 23.3 Å². The number of carbonyl (C=O) groups excluding carboxylic acids is 1. The Kier molecular flexibility index (Phi) is 6.66. The van der Waals surface area contributed by atoms with Crippen molar-refractivity contribution in [1.82, 2.24) is 0 Å². The molecule has 0 heterocycles. The Bertz CT molecular complexity index is 1250. The van der Waals surface area contributed by atoms with Crippen molar-refractivity contribution in [3.8, 4) is 0 Å². The first-order chi connectivity index (χ1) is 18.6. The minimum absolute atomic E-state index is 0.0191. The van der Waals surface area contributed by atoms with E-state index in [2.05, 4.69) is 50.3 Å². The van der Waals surface area contributed by atoms with Crippen LogP contribution in [-0.4, -0.2) is 16.7 Å². The van der Waals surface area contributed by atoms with Crippen LogP contribution in [0.3, 0.4) is 0 Å². The number of fused-ring (bicyclic) bond motifs is 5. The highest BCUT2D eigenvalue weighted by Gasteiger charge is 2.65. The molecule has 4 aliphatic rings. The Morgan fingerprint density at radius 1 is 0.949 bits per heavy atom. The SMILES string of the molecule is CC(=O)C1(Cc2ccccc2)CCC2C3CC=C4CC(O)(OCc5ccc(F)cc5)CCC4(C)C3CCC21C. The zero-order valence-corrected chi connectivity index (χ0v) is 23.7. The number of Topliss-reactive ketones (excluding diaryl/α,β-unsaturated/α-hetero) is 1. The van der Waals surface area contributed by atoms with Gasteiger partial charge in [-0.2, -0.15) is 0 Å². The number of aliphatic hydroxyl groups is 1. The Labute approximate surface area is 232 Å². The molecular formula is C35H43FO3. The fourth-order valence-electron chi connectivity index (χ4n) is 9.61. The van der Waals surface area contributed by atoms with Gasteiger partial charge in [0, 0.05) is 18.3 Å². The minimum Gasteiger partial charge on any atom is -0.365 e. The molecule has 0 amide bonds. The van der Waals surface area contributed by atoms with Crippen LogP contribution in [0.2, 0.25) is 0 Å². The van der Waals surface area contributed by atoms with Crippen molar-refractivity contribution >= 4 is 5.78 Å². The third-order valence-corrected chi connectivity index (χ3v) is 11.9. The number of benzene rings is 2. The average Bonchev–Trinajstić information content (AvgIpc) is 3.23. The summed E-state index contributed by atoms with van der Waals surface area (Å²) >= 11 is 0. The molecule has 3 fully saturated rings. The summed E-state index contributed by atoms with van der Waals surface area (Å²) in [4.78, 5) is 13.5. The van der Waals surface area contributed by atoms with Crippen molar-refractivity contribution < 1.29 is 19.0 Å². The maximum absolute atomic E-state index is 13.5. The predicted molar refractivity (Wildman–Crippen MR) is 151 cm³/mol. The molecular weight excluding hydrogens is 487 g/mol. The van der Waals surface area contributed by atoms with Crippen LogP contribution in [-0.2, 0) is 22.6 Å². The number of halogens is 1. The maximum atomic E-state index is 13.5. The van der Waals surface area contributed by atoms with Crippen molar-refractivity contribution in [2.45, 2.75) is 91.0 Å². The molecule has 0 saturated heterocycles. The highest BCUT2D eigenvalue weighted by molar-refractivity contribution is 5.84. The maximum Gasteiger partial charge on any atom is 0.169 e. The van der Waals surface area contributed by atoms with Gasteiger partial charge in [-0.3, -0.25) is 4.79 Å².